The van der Waals surface area contributed by atoms with Crippen LogP contribution >= 0.6 is 0 Å². The van der Waals surface area contributed by atoms with E-state index >= 15 is 0 Å². The Balaban J connectivity index is 2.46. The number of rotatable bonds is 3. The fraction of sp³-hybridized carbons (Fsp3) is 0.800. The van der Waals surface area contributed by atoms with Gasteiger partial charge in [0.15, 0.2) is 0 Å². The van der Waals surface area contributed by atoms with E-state index in [0.29, 0.717) is 6.04 Å². The normalized spacial score (nSPS) is 17.1. The summed E-state index contributed by atoms with van der Waals surface area (Å²) < 4.78 is 3.42. The lowest BCUT2D eigenvalue weighted by molar-refractivity contribution is 0.326. The van der Waals surface area contributed by atoms with Crippen LogP contribution in [0.3, 0.4) is 0 Å². The van der Waals surface area contributed by atoms with Gasteiger partial charge in [0, 0.05) is 19.5 Å². The summed E-state index contributed by atoms with van der Waals surface area (Å²) >= 11 is 0. The number of aromatic nitrogens is 3. The Morgan fingerprint density at radius 2 is 2.20 bits per heavy atom. The molecule has 1 aromatic rings. The summed E-state index contributed by atoms with van der Waals surface area (Å²) in [4.78, 5) is 12.1. The van der Waals surface area contributed by atoms with Crippen LogP contribution in [0.1, 0.15) is 38.7 Å². The molecule has 0 aliphatic carbocycles. The van der Waals surface area contributed by atoms with Crippen molar-refractivity contribution >= 4 is 0 Å². The summed E-state index contributed by atoms with van der Waals surface area (Å²) in [5.41, 5.74) is 0.0355. The van der Waals surface area contributed by atoms with Gasteiger partial charge in [0.1, 0.15) is 5.82 Å². The molecule has 1 N–H and O–H groups in total. The SMILES string of the molecule is CCc1nn(C(C)C)c(=O)n1C1CNC1. The van der Waals surface area contributed by atoms with Gasteiger partial charge in [-0.1, -0.05) is 6.92 Å². The van der Waals surface area contributed by atoms with Crippen molar-refractivity contribution in [2.24, 2.45) is 0 Å². The van der Waals surface area contributed by atoms with Gasteiger partial charge in [0.2, 0.25) is 0 Å². The maximum Gasteiger partial charge on any atom is 0.346 e. The highest BCUT2D eigenvalue weighted by Crippen LogP contribution is 2.12. The van der Waals surface area contributed by atoms with E-state index in [9.17, 15) is 4.79 Å². The van der Waals surface area contributed by atoms with Crippen molar-refractivity contribution in [1.29, 1.82) is 0 Å². The number of hydrogen-bond donors (Lipinski definition) is 1. The lowest BCUT2D eigenvalue weighted by atomic mass is 10.2. The van der Waals surface area contributed by atoms with E-state index in [4.69, 9.17) is 0 Å². The van der Waals surface area contributed by atoms with Crippen LogP contribution in [0.5, 0.6) is 0 Å². The summed E-state index contributed by atoms with van der Waals surface area (Å²) in [5.74, 6) is 0.903. The van der Waals surface area contributed by atoms with Crippen molar-refractivity contribution < 1.29 is 0 Å². The zero-order valence-electron chi connectivity index (χ0n) is 9.53. The Bertz CT molecular complexity index is 400. The molecule has 5 heteroatoms. The lowest BCUT2D eigenvalue weighted by Gasteiger charge is -2.28. The topological polar surface area (TPSA) is 51.9 Å². The Morgan fingerprint density at radius 3 is 2.60 bits per heavy atom. The first-order chi connectivity index (χ1) is 7.15. The predicted molar refractivity (Wildman–Crippen MR) is 58.2 cm³/mol. The molecule has 0 atom stereocenters. The van der Waals surface area contributed by atoms with Crippen LogP contribution in [-0.2, 0) is 6.42 Å². The average molecular weight is 210 g/mol. The maximum atomic E-state index is 12.1. The Labute approximate surface area is 89.1 Å². The van der Waals surface area contributed by atoms with Gasteiger partial charge in [0.25, 0.3) is 0 Å². The third-order valence-corrected chi connectivity index (χ3v) is 2.83. The summed E-state index contributed by atoms with van der Waals surface area (Å²) in [6, 6.07) is 0.442. The maximum absolute atomic E-state index is 12.1. The fourth-order valence-electron chi connectivity index (χ4n) is 1.84. The van der Waals surface area contributed by atoms with E-state index in [-0.39, 0.29) is 11.7 Å². The zero-order chi connectivity index (χ0) is 11.0. The highest BCUT2D eigenvalue weighted by atomic mass is 16.2. The molecule has 0 amide bonds. The number of hydrogen-bond acceptors (Lipinski definition) is 3. The molecule has 0 unspecified atom stereocenters. The lowest BCUT2D eigenvalue weighted by Crippen LogP contribution is -2.47. The number of nitrogens with one attached hydrogen (secondary N) is 1. The van der Waals surface area contributed by atoms with Crippen molar-refractivity contribution in [2.75, 3.05) is 13.1 Å². The van der Waals surface area contributed by atoms with Crippen LogP contribution in [0.2, 0.25) is 0 Å². The van der Waals surface area contributed by atoms with Gasteiger partial charge in [-0.05, 0) is 13.8 Å². The number of nitrogens with zero attached hydrogens (tertiary/aromatic N) is 3. The first-order valence-electron chi connectivity index (χ1n) is 5.55. The third-order valence-electron chi connectivity index (χ3n) is 2.83. The molecule has 2 heterocycles. The van der Waals surface area contributed by atoms with Crippen LogP contribution in [-0.4, -0.2) is 27.4 Å². The Morgan fingerprint density at radius 1 is 1.53 bits per heavy atom. The summed E-state index contributed by atoms with van der Waals surface area (Å²) in [6.07, 6.45) is 0.811. The molecule has 1 aliphatic heterocycles. The molecule has 1 saturated heterocycles. The van der Waals surface area contributed by atoms with E-state index in [1.165, 1.54) is 0 Å². The van der Waals surface area contributed by atoms with E-state index in [1.807, 2.05) is 25.3 Å². The minimum Gasteiger partial charge on any atom is -0.313 e. The van der Waals surface area contributed by atoms with E-state index < -0.39 is 0 Å². The molecule has 2 rings (SSSR count). The van der Waals surface area contributed by atoms with Crippen LogP contribution in [0.25, 0.3) is 0 Å². The van der Waals surface area contributed by atoms with E-state index in [0.717, 1.165) is 25.3 Å². The van der Waals surface area contributed by atoms with Crippen molar-refractivity contribution in [1.82, 2.24) is 19.7 Å². The Kier molecular flexibility index (Phi) is 2.65. The summed E-state index contributed by atoms with van der Waals surface area (Å²) in [5, 5.41) is 7.55. The second-order valence-corrected chi connectivity index (χ2v) is 4.27. The van der Waals surface area contributed by atoms with Gasteiger partial charge < -0.3 is 5.32 Å². The summed E-state index contributed by atoms with van der Waals surface area (Å²) in [6.45, 7) is 7.77. The van der Waals surface area contributed by atoms with Crippen molar-refractivity contribution in [2.45, 2.75) is 39.3 Å². The molecule has 0 aromatic carbocycles. The fourth-order valence-corrected chi connectivity index (χ4v) is 1.84. The first-order valence-corrected chi connectivity index (χ1v) is 5.55. The standard InChI is InChI=1S/C10H18N4O/c1-4-9-12-14(7(2)3)10(15)13(9)8-5-11-6-8/h7-8,11H,4-6H2,1-3H3. The molecular formula is C10H18N4O. The molecule has 0 saturated carbocycles. The van der Waals surface area contributed by atoms with Crippen LogP contribution in [0, 0.1) is 0 Å². The molecule has 0 bridgehead atoms. The largest absolute Gasteiger partial charge is 0.346 e. The van der Waals surface area contributed by atoms with Crippen molar-refractivity contribution in [3.05, 3.63) is 16.3 Å². The van der Waals surface area contributed by atoms with Gasteiger partial charge >= 0.3 is 5.69 Å². The smallest absolute Gasteiger partial charge is 0.313 e. The van der Waals surface area contributed by atoms with E-state index in [2.05, 4.69) is 10.4 Å². The molecule has 0 spiro atoms. The second-order valence-electron chi connectivity index (χ2n) is 4.27. The predicted octanol–water partition coefficient (Wildman–Crippen LogP) is 0.332. The van der Waals surface area contributed by atoms with Crippen LogP contribution in [0.4, 0.5) is 0 Å². The van der Waals surface area contributed by atoms with Gasteiger partial charge in [0.05, 0.1) is 12.1 Å². The molecule has 0 radical (unpaired) electrons. The average Bonchev–Trinajstić information content (AvgIpc) is 2.42. The van der Waals surface area contributed by atoms with Gasteiger partial charge in [-0.25, -0.2) is 9.48 Å². The molecule has 5 nitrogen and oxygen atoms in total. The molecule has 1 aliphatic rings. The molecular weight excluding hydrogens is 192 g/mol. The highest BCUT2D eigenvalue weighted by Gasteiger charge is 2.25. The summed E-state index contributed by atoms with van der Waals surface area (Å²) in [7, 11) is 0. The highest BCUT2D eigenvalue weighted by molar-refractivity contribution is 4.96. The monoisotopic (exact) mass is 210 g/mol. The van der Waals surface area contributed by atoms with E-state index in [1.54, 1.807) is 4.68 Å². The molecule has 1 fully saturated rings. The minimum absolute atomic E-state index is 0.0355. The van der Waals surface area contributed by atoms with Crippen LogP contribution < -0.4 is 11.0 Å². The van der Waals surface area contributed by atoms with Crippen molar-refractivity contribution in [3.8, 4) is 0 Å². The second kappa shape index (κ2) is 3.81. The van der Waals surface area contributed by atoms with Gasteiger partial charge in [-0.3, -0.25) is 4.57 Å². The minimum atomic E-state index is 0.0355. The zero-order valence-corrected chi connectivity index (χ0v) is 9.53. The van der Waals surface area contributed by atoms with Gasteiger partial charge in [-0.2, -0.15) is 5.10 Å². The first kappa shape index (κ1) is 10.4. The van der Waals surface area contributed by atoms with Gasteiger partial charge in [-0.15, -0.1) is 0 Å². The molecule has 84 valence electrons. The Hall–Kier alpha value is -1.10. The van der Waals surface area contributed by atoms with Crippen LogP contribution in [0.15, 0.2) is 4.79 Å². The third kappa shape index (κ3) is 1.61. The number of aryl methyl sites for hydroxylation is 1. The molecule has 1 aromatic heterocycles. The van der Waals surface area contributed by atoms with Crippen molar-refractivity contribution in [3.63, 3.8) is 0 Å². The quantitative estimate of drug-likeness (QED) is 0.782. The molecule has 15 heavy (non-hydrogen) atoms.